The molecule has 0 N–H and O–H groups in total. The van der Waals surface area contributed by atoms with Crippen LogP contribution in [0.25, 0.3) is 0 Å². The zero-order chi connectivity index (χ0) is 17.1. The molecule has 1 aliphatic heterocycles. The largest absolute Gasteiger partial charge is 0.372 e. The zero-order valence-electron chi connectivity index (χ0n) is 13.5. The summed E-state index contributed by atoms with van der Waals surface area (Å²) in [5.74, 6) is -0.330. The van der Waals surface area contributed by atoms with Crippen LogP contribution in [0, 0.1) is 11.3 Å². The van der Waals surface area contributed by atoms with Crippen LogP contribution in [-0.2, 0) is 22.6 Å². The number of aromatic nitrogens is 2. The molecule has 0 radical (unpaired) electrons. The molecule has 8 heteroatoms. The van der Waals surface area contributed by atoms with Crippen LogP contribution in [0.2, 0.25) is 0 Å². The van der Waals surface area contributed by atoms with E-state index in [2.05, 4.69) is 0 Å². The van der Waals surface area contributed by atoms with E-state index in [-0.39, 0.29) is 30.2 Å². The number of rotatable bonds is 3. The monoisotopic (exact) mass is 320 g/mol. The van der Waals surface area contributed by atoms with Gasteiger partial charge < -0.3 is 9.64 Å². The SMILES string of the molecule is CCn1cc(C#N)c(=O)n(CC(=O)N2CC(C)OC(C)C2)c1=O. The van der Waals surface area contributed by atoms with Crippen molar-refractivity contribution in [1.82, 2.24) is 14.0 Å². The van der Waals surface area contributed by atoms with E-state index in [4.69, 9.17) is 10.00 Å². The van der Waals surface area contributed by atoms with Gasteiger partial charge in [-0.15, -0.1) is 0 Å². The highest BCUT2D eigenvalue weighted by Gasteiger charge is 2.26. The Labute approximate surface area is 133 Å². The Balaban J connectivity index is 2.33. The average Bonchev–Trinajstić information content (AvgIpc) is 2.50. The van der Waals surface area contributed by atoms with Gasteiger partial charge in [-0.1, -0.05) is 0 Å². The summed E-state index contributed by atoms with van der Waals surface area (Å²) < 4.78 is 7.64. The Kier molecular flexibility index (Phi) is 5.01. The fraction of sp³-hybridized carbons (Fsp3) is 0.600. The molecule has 1 fully saturated rings. The number of ether oxygens (including phenoxy) is 1. The minimum Gasteiger partial charge on any atom is -0.372 e. The Hall–Kier alpha value is -2.40. The van der Waals surface area contributed by atoms with Crippen LogP contribution >= 0.6 is 0 Å². The summed E-state index contributed by atoms with van der Waals surface area (Å²) in [5.41, 5.74) is -1.47. The molecule has 1 aromatic heterocycles. The topological polar surface area (TPSA) is 97.3 Å². The first-order valence-electron chi connectivity index (χ1n) is 7.55. The molecular weight excluding hydrogens is 300 g/mol. The average molecular weight is 320 g/mol. The molecule has 2 rings (SSSR count). The number of morpholine rings is 1. The maximum absolute atomic E-state index is 12.4. The van der Waals surface area contributed by atoms with E-state index in [9.17, 15) is 14.4 Å². The van der Waals surface area contributed by atoms with Crippen LogP contribution < -0.4 is 11.2 Å². The fourth-order valence-corrected chi connectivity index (χ4v) is 2.71. The highest BCUT2D eigenvalue weighted by atomic mass is 16.5. The van der Waals surface area contributed by atoms with Gasteiger partial charge in [0.1, 0.15) is 18.2 Å². The number of carbonyl (C=O) groups is 1. The summed E-state index contributed by atoms with van der Waals surface area (Å²) in [7, 11) is 0. The van der Waals surface area contributed by atoms with Crippen LogP contribution in [0.4, 0.5) is 0 Å². The van der Waals surface area contributed by atoms with Crippen molar-refractivity contribution in [3.63, 3.8) is 0 Å². The molecule has 1 aliphatic rings. The van der Waals surface area contributed by atoms with E-state index in [1.807, 2.05) is 13.8 Å². The van der Waals surface area contributed by atoms with Gasteiger partial charge in [-0.2, -0.15) is 5.26 Å². The van der Waals surface area contributed by atoms with Gasteiger partial charge in [0.05, 0.1) is 12.2 Å². The second kappa shape index (κ2) is 6.79. The molecule has 0 spiro atoms. The second-order valence-electron chi connectivity index (χ2n) is 5.67. The van der Waals surface area contributed by atoms with Crippen molar-refractivity contribution in [3.05, 3.63) is 32.6 Å². The first-order valence-corrected chi connectivity index (χ1v) is 7.55. The molecule has 2 unspecified atom stereocenters. The molecule has 124 valence electrons. The molecule has 2 atom stereocenters. The zero-order valence-corrected chi connectivity index (χ0v) is 13.5. The minimum absolute atomic E-state index is 0.0998. The van der Waals surface area contributed by atoms with E-state index >= 15 is 0 Å². The van der Waals surface area contributed by atoms with Gasteiger partial charge in [-0.05, 0) is 20.8 Å². The Morgan fingerprint density at radius 3 is 2.48 bits per heavy atom. The van der Waals surface area contributed by atoms with E-state index in [0.29, 0.717) is 19.6 Å². The molecule has 1 amide bonds. The van der Waals surface area contributed by atoms with E-state index in [1.165, 1.54) is 10.8 Å². The van der Waals surface area contributed by atoms with E-state index in [0.717, 1.165) is 4.57 Å². The first-order chi connectivity index (χ1) is 10.9. The van der Waals surface area contributed by atoms with Crippen LogP contribution in [0.15, 0.2) is 15.8 Å². The lowest BCUT2D eigenvalue weighted by molar-refractivity contribution is -0.143. The lowest BCUT2D eigenvalue weighted by Crippen LogP contribution is -2.51. The predicted octanol–water partition coefficient (Wildman–Crippen LogP) is -0.463. The molecule has 0 saturated carbocycles. The summed E-state index contributed by atoms with van der Waals surface area (Å²) in [6, 6.07) is 1.77. The smallest absolute Gasteiger partial charge is 0.331 e. The van der Waals surface area contributed by atoms with Crippen molar-refractivity contribution >= 4 is 5.91 Å². The van der Waals surface area contributed by atoms with Gasteiger partial charge >= 0.3 is 5.69 Å². The maximum Gasteiger partial charge on any atom is 0.331 e. The Morgan fingerprint density at radius 2 is 1.96 bits per heavy atom. The lowest BCUT2D eigenvalue weighted by atomic mass is 10.2. The molecular formula is C15H20N4O4. The van der Waals surface area contributed by atoms with Gasteiger partial charge in [-0.3, -0.25) is 14.2 Å². The highest BCUT2D eigenvalue weighted by molar-refractivity contribution is 5.76. The van der Waals surface area contributed by atoms with E-state index < -0.39 is 11.2 Å². The first kappa shape index (κ1) is 17.0. The second-order valence-corrected chi connectivity index (χ2v) is 5.67. The number of aryl methyl sites for hydroxylation is 1. The molecule has 1 saturated heterocycles. The van der Waals surface area contributed by atoms with Crippen molar-refractivity contribution in [2.45, 2.75) is 46.1 Å². The number of nitrogens with zero attached hydrogens (tertiary/aromatic N) is 4. The van der Waals surface area contributed by atoms with Gasteiger partial charge in [0.15, 0.2) is 0 Å². The Bertz CT molecular complexity index is 748. The summed E-state index contributed by atoms with van der Waals surface area (Å²) in [6.45, 7) is 6.23. The molecule has 23 heavy (non-hydrogen) atoms. The third-order valence-corrected chi connectivity index (χ3v) is 3.76. The van der Waals surface area contributed by atoms with Gasteiger partial charge in [0.2, 0.25) is 5.91 Å². The van der Waals surface area contributed by atoms with Gasteiger partial charge in [0, 0.05) is 25.8 Å². The molecule has 0 aliphatic carbocycles. The normalized spacial score (nSPS) is 21.0. The Morgan fingerprint density at radius 1 is 1.35 bits per heavy atom. The van der Waals surface area contributed by atoms with Gasteiger partial charge in [-0.25, -0.2) is 9.36 Å². The maximum atomic E-state index is 12.4. The number of nitriles is 1. The summed E-state index contributed by atoms with van der Waals surface area (Å²) >= 11 is 0. The lowest BCUT2D eigenvalue weighted by Gasteiger charge is -2.35. The van der Waals surface area contributed by atoms with Crippen LogP contribution in [0.5, 0.6) is 0 Å². The van der Waals surface area contributed by atoms with Crippen molar-refractivity contribution in [3.8, 4) is 6.07 Å². The number of amides is 1. The quantitative estimate of drug-likeness (QED) is 0.750. The molecule has 0 aromatic carbocycles. The number of hydrogen-bond donors (Lipinski definition) is 0. The van der Waals surface area contributed by atoms with Gasteiger partial charge in [0.25, 0.3) is 5.56 Å². The summed E-state index contributed by atoms with van der Waals surface area (Å²) in [5, 5.41) is 9.02. The molecule has 1 aromatic rings. The van der Waals surface area contributed by atoms with Crippen LogP contribution in [0.1, 0.15) is 26.3 Å². The van der Waals surface area contributed by atoms with Crippen molar-refractivity contribution in [2.75, 3.05) is 13.1 Å². The molecule has 8 nitrogen and oxygen atoms in total. The predicted molar refractivity (Wildman–Crippen MR) is 81.9 cm³/mol. The van der Waals surface area contributed by atoms with Crippen molar-refractivity contribution in [2.24, 2.45) is 0 Å². The molecule has 0 bridgehead atoms. The molecule has 2 heterocycles. The number of carbonyl (C=O) groups excluding carboxylic acids is 1. The third-order valence-electron chi connectivity index (χ3n) is 3.76. The van der Waals surface area contributed by atoms with Crippen molar-refractivity contribution < 1.29 is 9.53 Å². The summed E-state index contributed by atoms with van der Waals surface area (Å²) in [6.07, 6.45) is 1.03. The van der Waals surface area contributed by atoms with Crippen LogP contribution in [-0.4, -0.2) is 45.2 Å². The summed E-state index contributed by atoms with van der Waals surface area (Å²) in [4.78, 5) is 38.4. The van der Waals surface area contributed by atoms with Crippen LogP contribution in [0.3, 0.4) is 0 Å². The standard InChI is InChI=1S/C15H20N4O4/c1-4-17-8-12(5-16)14(21)19(15(17)22)9-13(20)18-6-10(2)23-11(3)7-18/h8,10-11H,4,6-7,9H2,1-3H3. The van der Waals surface area contributed by atoms with E-state index in [1.54, 1.807) is 17.9 Å². The highest BCUT2D eigenvalue weighted by Crippen LogP contribution is 2.10. The minimum atomic E-state index is -0.732. The third kappa shape index (κ3) is 3.51. The fourth-order valence-electron chi connectivity index (χ4n) is 2.71. The van der Waals surface area contributed by atoms with Crippen molar-refractivity contribution in [1.29, 1.82) is 5.26 Å². The number of hydrogen-bond acceptors (Lipinski definition) is 5.